The Morgan fingerprint density at radius 3 is 2.53 bits per heavy atom. The highest BCUT2D eigenvalue weighted by Crippen LogP contribution is 2.21. The zero-order valence-corrected chi connectivity index (χ0v) is 11.4. The number of aromatic amines is 1. The number of aryl methyl sites for hydroxylation is 1. The number of hydrogen-bond acceptors (Lipinski definition) is 2. The fourth-order valence-electron chi connectivity index (χ4n) is 2.12. The standard InChI is InChI=1S/C14H23NO2/c1-5-7-8-9-12-10(3)13(15-11(12)4)14(16)17-6-2/h15H,5-9H2,1-4H3. The fraction of sp³-hybridized carbons (Fsp3) is 0.643. The second-order valence-corrected chi connectivity index (χ2v) is 4.41. The summed E-state index contributed by atoms with van der Waals surface area (Å²) in [4.78, 5) is 14.9. The summed E-state index contributed by atoms with van der Waals surface area (Å²) in [5.74, 6) is -0.241. The van der Waals surface area contributed by atoms with E-state index < -0.39 is 0 Å². The first kappa shape index (κ1) is 13.8. The number of H-pyrrole nitrogens is 1. The maximum atomic E-state index is 11.7. The summed E-state index contributed by atoms with van der Waals surface area (Å²) in [5.41, 5.74) is 4.05. The predicted molar refractivity (Wildman–Crippen MR) is 69.5 cm³/mol. The molecule has 0 aliphatic rings. The van der Waals surface area contributed by atoms with Crippen LogP contribution in [0.3, 0.4) is 0 Å². The van der Waals surface area contributed by atoms with Gasteiger partial charge in [-0.2, -0.15) is 0 Å². The highest BCUT2D eigenvalue weighted by Gasteiger charge is 2.17. The number of carbonyl (C=O) groups excluding carboxylic acids is 1. The number of rotatable bonds is 6. The lowest BCUT2D eigenvalue weighted by Crippen LogP contribution is -2.06. The fourth-order valence-corrected chi connectivity index (χ4v) is 2.12. The van der Waals surface area contributed by atoms with E-state index in [2.05, 4.69) is 11.9 Å². The van der Waals surface area contributed by atoms with Gasteiger partial charge in [0.1, 0.15) is 5.69 Å². The summed E-state index contributed by atoms with van der Waals surface area (Å²) in [6.07, 6.45) is 4.67. The molecule has 0 aliphatic heterocycles. The lowest BCUT2D eigenvalue weighted by atomic mass is 10.0. The van der Waals surface area contributed by atoms with E-state index in [1.165, 1.54) is 24.8 Å². The van der Waals surface area contributed by atoms with Gasteiger partial charge in [-0.05, 0) is 44.7 Å². The van der Waals surface area contributed by atoms with Crippen molar-refractivity contribution in [1.82, 2.24) is 4.98 Å². The van der Waals surface area contributed by atoms with Gasteiger partial charge in [-0.3, -0.25) is 0 Å². The van der Waals surface area contributed by atoms with Gasteiger partial charge < -0.3 is 9.72 Å². The zero-order valence-electron chi connectivity index (χ0n) is 11.4. The summed E-state index contributed by atoms with van der Waals surface area (Å²) in [5, 5.41) is 0. The molecule has 0 amide bonds. The summed E-state index contributed by atoms with van der Waals surface area (Å²) >= 11 is 0. The average molecular weight is 237 g/mol. The van der Waals surface area contributed by atoms with Gasteiger partial charge >= 0.3 is 5.97 Å². The maximum Gasteiger partial charge on any atom is 0.355 e. The number of esters is 1. The third kappa shape index (κ3) is 3.35. The lowest BCUT2D eigenvalue weighted by molar-refractivity contribution is 0.0519. The SMILES string of the molecule is CCCCCc1c(C)[nH]c(C(=O)OCC)c1C. The molecule has 0 saturated heterocycles. The number of carbonyl (C=O) groups is 1. The molecule has 96 valence electrons. The van der Waals surface area contributed by atoms with Crippen LogP contribution in [0.2, 0.25) is 0 Å². The maximum absolute atomic E-state index is 11.7. The van der Waals surface area contributed by atoms with Crippen LogP contribution < -0.4 is 0 Å². The van der Waals surface area contributed by atoms with Gasteiger partial charge in [0.25, 0.3) is 0 Å². The highest BCUT2D eigenvalue weighted by atomic mass is 16.5. The summed E-state index contributed by atoms with van der Waals surface area (Å²) in [7, 11) is 0. The third-order valence-electron chi connectivity index (χ3n) is 3.10. The monoisotopic (exact) mass is 237 g/mol. The molecule has 17 heavy (non-hydrogen) atoms. The third-order valence-corrected chi connectivity index (χ3v) is 3.10. The normalized spacial score (nSPS) is 10.6. The van der Waals surface area contributed by atoms with Gasteiger partial charge in [-0.1, -0.05) is 19.8 Å². The molecule has 0 fully saturated rings. The van der Waals surface area contributed by atoms with E-state index in [0.29, 0.717) is 12.3 Å². The molecule has 1 rings (SSSR count). The number of aromatic nitrogens is 1. The zero-order chi connectivity index (χ0) is 12.8. The Labute approximate surface area is 104 Å². The molecule has 1 aromatic heterocycles. The van der Waals surface area contributed by atoms with Crippen LogP contribution >= 0.6 is 0 Å². The largest absolute Gasteiger partial charge is 0.461 e. The van der Waals surface area contributed by atoms with Crippen molar-refractivity contribution in [2.45, 2.75) is 53.4 Å². The molecule has 0 aliphatic carbocycles. The number of ether oxygens (including phenoxy) is 1. The van der Waals surface area contributed by atoms with E-state index in [0.717, 1.165) is 17.7 Å². The van der Waals surface area contributed by atoms with Crippen molar-refractivity contribution in [3.05, 3.63) is 22.5 Å². The van der Waals surface area contributed by atoms with E-state index in [1.54, 1.807) is 0 Å². The van der Waals surface area contributed by atoms with Gasteiger partial charge in [0.15, 0.2) is 0 Å². The Morgan fingerprint density at radius 2 is 1.94 bits per heavy atom. The Balaban J connectivity index is 2.82. The van der Waals surface area contributed by atoms with Crippen LogP contribution in [0.5, 0.6) is 0 Å². The van der Waals surface area contributed by atoms with Crippen molar-refractivity contribution in [3.63, 3.8) is 0 Å². The van der Waals surface area contributed by atoms with Crippen LogP contribution in [0, 0.1) is 13.8 Å². The van der Waals surface area contributed by atoms with Gasteiger partial charge in [0, 0.05) is 5.69 Å². The van der Waals surface area contributed by atoms with Gasteiger partial charge in [-0.25, -0.2) is 4.79 Å². The second-order valence-electron chi connectivity index (χ2n) is 4.41. The Kier molecular flexibility index (Phi) is 5.26. The van der Waals surface area contributed by atoms with Crippen LogP contribution in [0.4, 0.5) is 0 Å². The first-order chi connectivity index (χ1) is 8.11. The molecule has 0 saturated carbocycles. The molecule has 3 heteroatoms. The Morgan fingerprint density at radius 1 is 1.24 bits per heavy atom. The summed E-state index contributed by atoms with van der Waals surface area (Å²) in [6, 6.07) is 0. The van der Waals surface area contributed by atoms with Crippen LogP contribution in [-0.4, -0.2) is 17.6 Å². The van der Waals surface area contributed by atoms with Crippen molar-refractivity contribution in [2.24, 2.45) is 0 Å². The predicted octanol–water partition coefficient (Wildman–Crippen LogP) is 3.54. The van der Waals surface area contributed by atoms with Crippen LogP contribution in [0.15, 0.2) is 0 Å². The first-order valence-electron chi connectivity index (χ1n) is 6.46. The molecule has 1 N–H and O–H groups in total. The van der Waals surface area contributed by atoms with Crippen molar-refractivity contribution in [3.8, 4) is 0 Å². The van der Waals surface area contributed by atoms with Crippen molar-refractivity contribution in [2.75, 3.05) is 6.61 Å². The molecule has 0 radical (unpaired) electrons. The van der Waals surface area contributed by atoms with Gasteiger partial charge in [0.05, 0.1) is 6.61 Å². The lowest BCUT2D eigenvalue weighted by Gasteiger charge is -2.02. The minimum atomic E-state index is -0.241. The smallest absolute Gasteiger partial charge is 0.355 e. The van der Waals surface area contributed by atoms with Crippen molar-refractivity contribution >= 4 is 5.97 Å². The molecule has 0 unspecified atom stereocenters. The van der Waals surface area contributed by atoms with E-state index in [4.69, 9.17) is 4.74 Å². The molecule has 0 aromatic carbocycles. The van der Waals surface area contributed by atoms with E-state index in [1.807, 2.05) is 20.8 Å². The van der Waals surface area contributed by atoms with Crippen LogP contribution in [-0.2, 0) is 11.2 Å². The Bertz CT molecular complexity index is 380. The van der Waals surface area contributed by atoms with E-state index >= 15 is 0 Å². The minimum absolute atomic E-state index is 0.241. The molecule has 1 heterocycles. The molecular weight excluding hydrogens is 214 g/mol. The molecule has 0 spiro atoms. The molecule has 0 atom stereocenters. The van der Waals surface area contributed by atoms with Gasteiger partial charge in [0.2, 0.25) is 0 Å². The van der Waals surface area contributed by atoms with Crippen LogP contribution in [0.1, 0.15) is 60.4 Å². The molecular formula is C14H23NO2. The molecule has 1 aromatic rings. The van der Waals surface area contributed by atoms with E-state index in [9.17, 15) is 4.79 Å². The first-order valence-corrected chi connectivity index (χ1v) is 6.46. The topological polar surface area (TPSA) is 42.1 Å². The minimum Gasteiger partial charge on any atom is -0.461 e. The number of unbranched alkanes of at least 4 members (excludes halogenated alkanes) is 2. The molecule has 3 nitrogen and oxygen atoms in total. The second kappa shape index (κ2) is 6.48. The van der Waals surface area contributed by atoms with E-state index in [-0.39, 0.29) is 5.97 Å². The average Bonchev–Trinajstić information content (AvgIpc) is 2.57. The number of hydrogen-bond donors (Lipinski definition) is 1. The Hall–Kier alpha value is -1.25. The van der Waals surface area contributed by atoms with Gasteiger partial charge in [-0.15, -0.1) is 0 Å². The van der Waals surface area contributed by atoms with Crippen LogP contribution in [0.25, 0.3) is 0 Å². The highest BCUT2D eigenvalue weighted by molar-refractivity contribution is 5.89. The molecule has 0 bridgehead atoms. The summed E-state index contributed by atoms with van der Waals surface area (Å²) < 4.78 is 5.03. The van der Waals surface area contributed by atoms with Crippen molar-refractivity contribution < 1.29 is 9.53 Å². The quantitative estimate of drug-likeness (QED) is 0.607. The van der Waals surface area contributed by atoms with Crippen molar-refractivity contribution in [1.29, 1.82) is 0 Å². The summed E-state index contributed by atoms with van der Waals surface area (Å²) in [6.45, 7) is 8.46. The number of nitrogens with one attached hydrogen (secondary N) is 1.